The predicted molar refractivity (Wildman–Crippen MR) is 58.8 cm³/mol. The Kier molecular flexibility index (Phi) is 3.32. The number of anilines is 3. The molecule has 6 heteroatoms. The van der Waals surface area contributed by atoms with Gasteiger partial charge in [-0.15, -0.1) is 0 Å². The molecule has 1 heterocycles. The Hall–Kier alpha value is -0.790. The molecule has 0 amide bonds. The average Bonchev–Trinajstić information content (AvgIpc) is 2.16. The van der Waals surface area contributed by atoms with Crippen LogP contribution in [0.1, 0.15) is 0 Å². The van der Waals surface area contributed by atoms with Crippen LogP contribution in [0, 0.1) is 0 Å². The minimum atomic E-state index is 0.590. The number of hydrogen-bond donors (Lipinski definition) is 3. The molecule has 0 spiro atoms. The van der Waals surface area contributed by atoms with Gasteiger partial charge in [-0.1, -0.05) is 0 Å². The van der Waals surface area contributed by atoms with Crippen molar-refractivity contribution < 1.29 is 0 Å². The molecule has 1 aromatic rings. The molecule has 0 unspecified atom stereocenters. The van der Waals surface area contributed by atoms with Gasteiger partial charge >= 0.3 is 0 Å². The Morgan fingerprint density at radius 1 is 1.17 bits per heavy atom. The largest absolute Gasteiger partial charge is 0.373 e. The minimum Gasteiger partial charge on any atom is -0.373 e. The monoisotopic (exact) mass is 279 g/mol. The molecule has 0 aromatic carbocycles. The first kappa shape index (κ1) is 9.30. The Bertz CT molecular complexity index is 209. The predicted octanol–water partition coefficient (Wildman–Crippen LogP) is 1.32. The molecule has 0 aliphatic heterocycles. The van der Waals surface area contributed by atoms with Crippen LogP contribution in [0.5, 0.6) is 0 Å². The summed E-state index contributed by atoms with van der Waals surface area (Å²) in [7, 11) is 3.64. The van der Waals surface area contributed by atoms with Crippen LogP contribution in [0.15, 0.2) is 6.07 Å². The smallest absolute Gasteiger partial charge is 0.235 e. The number of hydrogen-bond acceptors (Lipinski definition) is 5. The normalized spacial score (nSPS) is 9.25. The van der Waals surface area contributed by atoms with Gasteiger partial charge in [-0.2, -0.15) is 9.97 Å². The molecule has 66 valence electrons. The first-order chi connectivity index (χ1) is 5.80. The molecule has 0 aliphatic carbocycles. The number of nitrogens with zero attached hydrogens (tertiary/aromatic N) is 2. The molecule has 0 radical (unpaired) electrons. The van der Waals surface area contributed by atoms with Crippen LogP contribution >= 0.6 is 22.9 Å². The summed E-state index contributed by atoms with van der Waals surface area (Å²) in [4.78, 5) is 8.28. The summed E-state index contributed by atoms with van der Waals surface area (Å²) >= 11 is 1.99. The van der Waals surface area contributed by atoms with E-state index in [1.807, 2.05) is 43.0 Å². The minimum absolute atomic E-state index is 0.590. The van der Waals surface area contributed by atoms with Crippen molar-refractivity contribution in [2.45, 2.75) is 0 Å². The second kappa shape index (κ2) is 4.29. The maximum atomic E-state index is 4.14. The molecule has 1 aromatic heterocycles. The van der Waals surface area contributed by atoms with Gasteiger partial charge in [-0.25, -0.2) is 0 Å². The second-order valence-electron chi connectivity index (χ2n) is 2.06. The van der Waals surface area contributed by atoms with E-state index in [2.05, 4.69) is 24.1 Å². The second-order valence-corrected chi connectivity index (χ2v) is 2.60. The van der Waals surface area contributed by atoms with Gasteiger partial charge in [0, 0.05) is 20.2 Å². The maximum Gasteiger partial charge on any atom is 0.235 e. The number of rotatable bonds is 3. The van der Waals surface area contributed by atoms with E-state index in [9.17, 15) is 0 Å². The Balaban J connectivity index is 3.01. The molecule has 0 atom stereocenters. The summed E-state index contributed by atoms with van der Waals surface area (Å²) < 4.78 is 2.84. The highest BCUT2D eigenvalue weighted by molar-refractivity contribution is 14.1. The van der Waals surface area contributed by atoms with E-state index in [0.717, 1.165) is 11.6 Å². The van der Waals surface area contributed by atoms with Crippen LogP contribution in [-0.4, -0.2) is 24.1 Å². The van der Waals surface area contributed by atoms with E-state index in [1.54, 1.807) is 0 Å². The van der Waals surface area contributed by atoms with Gasteiger partial charge in [0.15, 0.2) is 0 Å². The third-order valence-electron chi connectivity index (χ3n) is 1.32. The molecule has 12 heavy (non-hydrogen) atoms. The van der Waals surface area contributed by atoms with Crippen LogP contribution in [0.3, 0.4) is 0 Å². The zero-order valence-electron chi connectivity index (χ0n) is 6.85. The SMILES string of the molecule is CNc1cc(NC)nc(NI)n1. The topological polar surface area (TPSA) is 61.9 Å². The molecule has 0 aliphatic rings. The molecular formula is C6H10IN5. The van der Waals surface area contributed by atoms with Crippen LogP contribution in [-0.2, 0) is 0 Å². The number of nitrogens with one attached hydrogen (secondary N) is 3. The summed E-state index contributed by atoms with van der Waals surface area (Å²) in [6.45, 7) is 0. The van der Waals surface area contributed by atoms with Gasteiger partial charge in [-0.05, 0) is 0 Å². The fourth-order valence-electron chi connectivity index (χ4n) is 0.746. The number of aromatic nitrogens is 2. The lowest BCUT2D eigenvalue weighted by atomic mass is 10.5. The van der Waals surface area contributed by atoms with E-state index in [-0.39, 0.29) is 0 Å². The molecule has 0 fully saturated rings. The van der Waals surface area contributed by atoms with Crippen LogP contribution in [0.4, 0.5) is 17.6 Å². The summed E-state index contributed by atoms with van der Waals surface area (Å²) in [5, 5.41) is 5.88. The molecule has 0 bridgehead atoms. The molecule has 0 saturated carbocycles. The zero-order chi connectivity index (χ0) is 8.97. The first-order valence-corrected chi connectivity index (χ1v) is 4.49. The first-order valence-electron chi connectivity index (χ1n) is 3.41. The molecule has 3 N–H and O–H groups in total. The molecular weight excluding hydrogens is 269 g/mol. The lowest BCUT2D eigenvalue weighted by Crippen LogP contribution is -2.01. The van der Waals surface area contributed by atoms with Crippen LogP contribution < -0.4 is 14.2 Å². The van der Waals surface area contributed by atoms with Crippen molar-refractivity contribution in [3.8, 4) is 0 Å². The fraction of sp³-hybridized carbons (Fsp3) is 0.333. The Morgan fingerprint density at radius 2 is 1.67 bits per heavy atom. The Labute approximate surface area is 84.9 Å². The lowest BCUT2D eigenvalue weighted by Gasteiger charge is -2.05. The quantitative estimate of drug-likeness (QED) is 0.575. The van der Waals surface area contributed by atoms with Crippen molar-refractivity contribution >= 4 is 40.4 Å². The van der Waals surface area contributed by atoms with Gasteiger partial charge in [0.25, 0.3) is 0 Å². The van der Waals surface area contributed by atoms with Crippen molar-refractivity contribution in [3.05, 3.63) is 6.07 Å². The average molecular weight is 279 g/mol. The highest BCUT2D eigenvalue weighted by Crippen LogP contribution is 2.13. The van der Waals surface area contributed by atoms with Gasteiger partial charge < -0.3 is 10.6 Å². The molecule has 0 saturated heterocycles. The third kappa shape index (κ3) is 2.10. The van der Waals surface area contributed by atoms with Crippen LogP contribution in [0.2, 0.25) is 0 Å². The zero-order valence-corrected chi connectivity index (χ0v) is 9.01. The Morgan fingerprint density at radius 3 is 2.00 bits per heavy atom. The van der Waals surface area contributed by atoms with Crippen molar-refractivity contribution in [1.29, 1.82) is 0 Å². The van der Waals surface area contributed by atoms with E-state index < -0.39 is 0 Å². The maximum absolute atomic E-state index is 4.14. The fourth-order valence-corrected chi connectivity index (χ4v) is 0.987. The van der Waals surface area contributed by atoms with Gasteiger partial charge in [0.05, 0.1) is 22.9 Å². The standard InChI is InChI=1S/C6H10IN5/c1-8-4-3-5(9-2)11-6(10-4)12-7/h3H,1-2H3,(H3,8,9,10,11,12). The highest BCUT2D eigenvalue weighted by atomic mass is 127. The van der Waals surface area contributed by atoms with Gasteiger partial charge in [-0.3, -0.25) is 3.53 Å². The van der Waals surface area contributed by atoms with Crippen molar-refractivity contribution in [2.24, 2.45) is 0 Å². The molecule has 1 rings (SSSR count). The molecule has 5 nitrogen and oxygen atoms in total. The summed E-state index contributed by atoms with van der Waals surface area (Å²) in [5.41, 5.74) is 0. The van der Waals surface area contributed by atoms with Crippen molar-refractivity contribution in [1.82, 2.24) is 9.97 Å². The van der Waals surface area contributed by atoms with Crippen molar-refractivity contribution in [3.63, 3.8) is 0 Å². The number of halogens is 1. The summed E-state index contributed by atoms with van der Waals surface area (Å²) in [6, 6.07) is 1.83. The lowest BCUT2D eigenvalue weighted by molar-refractivity contribution is 1.17. The van der Waals surface area contributed by atoms with E-state index in [0.29, 0.717) is 5.95 Å². The third-order valence-corrected chi connectivity index (χ3v) is 1.81. The van der Waals surface area contributed by atoms with E-state index in [1.165, 1.54) is 0 Å². The van der Waals surface area contributed by atoms with Gasteiger partial charge in [0.1, 0.15) is 11.6 Å². The van der Waals surface area contributed by atoms with Gasteiger partial charge in [0.2, 0.25) is 5.95 Å². The van der Waals surface area contributed by atoms with E-state index in [4.69, 9.17) is 0 Å². The van der Waals surface area contributed by atoms with Crippen LogP contribution in [0.25, 0.3) is 0 Å². The summed E-state index contributed by atoms with van der Waals surface area (Å²) in [6.07, 6.45) is 0. The van der Waals surface area contributed by atoms with Crippen molar-refractivity contribution in [2.75, 3.05) is 28.3 Å². The summed E-state index contributed by atoms with van der Waals surface area (Å²) in [5.74, 6) is 2.16. The van der Waals surface area contributed by atoms with E-state index >= 15 is 0 Å². The highest BCUT2D eigenvalue weighted by Gasteiger charge is 1.99.